The number of rotatable bonds is 6. The highest BCUT2D eigenvalue weighted by Crippen LogP contribution is 2.18. The number of sulfonamides is 1. The maximum atomic E-state index is 12.1. The maximum Gasteiger partial charge on any atom is 0.244 e. The van der Waals surface area contributed by atoms with E-state index >= 15 is 0 Å². The summed E-state index contributed by atoms with van der Waals surface area (Å²) in [5, 5.41) is 2.86. The largest absolute Gasteiger partial charge is 0.346 e. The first-order chi connectivity index (χ1) is 11.7. The minimum Gasteiger partial charge on any atom is -0.346 e. The van der Waals surface area contributed by atoms with Crippen molar-refractivity contribution >= 4 is 43.6 Å². The maximum absolute atomic E-state index is 12.1. The quantitative estimate of drug-likeness (QED) is 0.696. The Bertz CT molecular complexity index is 895. The summed E-state index contributed by atoms with van der Waals surface area (Å²) in [6, 6.07) is 14.3. The SMILES string of the molecule is C[C@H](NC(=O)/C=C/c1cccc(Br)c1)c1cccc(NS(C)(=O)=O)c1. The average Bonchev–Trinajstić information content (AvgIpc) is 2.51. The molecule has 2 N–H and O–H groups in total. The van der Waals surface area contributed by atoms with Crippen molar-refractivity contribution in [2.45, 2.75) is 13.0 Å². The highest BCUT2D eigenvalue weighted by atomic mass is 79.9. The normalized spacial score (nSPS) is 12.8. The molecule has 25 heavy (non-hydrogen) atoms. The van der Waals surface area contributed by atoms with Crippen molar-refractivity contribution in [3.05, 3.63) is 70.2 Å². The van der Waals surface area contributed by atoms with Crippen molar-refractivity contribution in [1.29, 1.82) is 0 Å². The number of hydrogen-bond acceptors (Lipinski definition) is 3. The molecule has 0 aliphatic rings. The van der Waals surface area contributed by atoms with Gasteiger partial charge in [0.25, 0.3) is 0 Å². The highest BCUT2D eigenvalue weighted by Gasteiger charge is 2.09. The molecular weight excluding hydrogens is 404 g/mol. The summed E-state index contributed by atoms with van der Waals surface area (Å²) in [5.41, 5.74) is 2.18. The molecule has 2 rings (SSSR count). The summed E-state index contributed by atoms with van der Waals surface area (Å²) in [5.74, 6) is -0.228. The van der Waals surface area contributed by atoms with E-state index in [2.05, 4.69) is 26.0 Å². The van der Waals surface area contributed by atoms with Crippen LogP contribution in [0.2, 0.25) is 0 Å². The van der Waals surface area contributed by atoms with Crippen LogP contribution in [0.15, 0.2) is 59.1 Å². The third kappa shape index (κ3) is 6.72. The van der Waals surface area contributed by atoms with Crippen LogP contribution in [0.4, 0.5) is 5.69 Å². The Kier molecular flexibility index (Phi) is 6.39. The van der Waals surface area contributed by atoms with E-state index in [1.807, 2.05) is 37.3 Å². The van der Waals surface area contributed by atoms with Gasteiger partial charge in [-0.2, -0.15) is 0 Å². The molecule has 0 spiro atoms. The second kappa shape index (κ2) is 8.31. The fourth-order valence-corrected chi connectivity index (χ4v) is 3.18. The van der Waals surface area contributed by atoms with Gasteiger partial charge in [0.1, 0.15) is 0 Å². The number of anilines is 1. The first kappa shape index (κ1) is 19.2. The molecule has 0 unspecified atom stereocenters. The number of benzene rings is 2. The topological polar surface area (TPSA) is 75.3 Å². The summed E-state index contributed by atoms with van der Waals surface area (Å²) in [6.45, 7) is 1.84. The molecule has 0 radical (unpaired) electrons. The van der Waals surface area contributed by atoms with Crippen molar-refractivity contribution < 1.29 is 13.2 Å². The van der Waals surface area contributed by atoms with Gasteiger partial charge in [0.2, 0.25) is 15.9 Å². The molecule has 0 aromatic heterocycles. The Labute approximate surface area is 156 Å². The van der Waals surface area contributed by atoms with Crippen LogP contribution in [-0.2, 0) is 14.8 Å². The third-order valence-corrected chi connectivity index (χ3v) is 4.42. The zero-order valence-electron chi connectivity index (χ0n) is 13.9. The van der Waals surface area contributed by atoms with Crippen LogP contribution in [0.1, 0.15) is 24.1 Å². The van der Waals surface area contributed by atoms with Gasteiger partial charge in [-0.05, 0) is 48.4 Å². The Hall–Kier alpha value is -2.12. The molecule has 0 bridgehead atoms. The van der Waals surface area contributed by atoms with E-state index in [0.717, 1.165) is 21.9 Å². The number of hydrogen-bond donors (Lipinski definition) is 2. The van der Waals surface area contributed by atoms with Crippen molar-refractivity contribution in [2.24, 2.45) is 0 Å². The van der Waals surface area contributed by atoms with Gasteiger partial charge in [0.05, 0.1) is 12.3 Å². The Morgan fingerprint density at radius 3 is 2.56 bits per heavy atom. The van der Waals surface area contributed by atoms with Gasteiger partial charge in [-0.15, -0.1) is 0 Å². The summed E-state index contributed by atoms with van der Waals surface area (Å²) in [4.78, 5) is 12.1. The van der Waals surface area contributed by atoms with E-state index in [4.69, 9.17) is 0 Å². The summed E-state index contributed by atoms with van der Waals surface area (Å²) >= 11 is 3.38. The lowest BCUT2D eigenvalue weighted by atomic mass is 10.1. The third-order valence-electron chi connectivity index (χ3n) is 3.32. The molecule has 0 heterocycles. The molecule has 0 fully saturated rings. The zero-order chi connectivity index (χ0) is 18.4. The number of carbonyl (C=O) groups excluding carboxylic acids is 1. The molecule has 132 valence electrons. The standard InChI is InChI=1S/C18H19BrN2O3S/c1-13(15-6-4-8-17(12-15)21-25(2,23)24)20-18(22)10-9-14-5-3-7-16(19)11-14/h3-13,21H,1-2H3,(H,20,22)/b10-9+/t13-/m0/s1. The van der Waals surface area contributed by atoms with Gasteiger partial charge in [-0.25, -0.2) is 8.42 Å². The number of carbonyl (C=O) groups is 1. The molecule has 7 heteroatoms. The second-order valence-electron chi connectivity index (χ2n) is 5.62. The summed E-state index contributed by atoms with van der Waals surface area (Å²) in [7, 11) is -3.34. The van der Waals surface area contributed by atoms with Crippen molar-refractivity contribution in [3.8, 4) is 0 Å². The fraction of sp³-hybridized carbons (Fsp3) is 0.167. The van der Waals surface area contributed by atoms with Crippen LogP contribution in [0.5, 0.6) is 0 Å². The Balaban J connectivity index is 2.02. The number of nitrogens with one attached hydrogen (secondary N) is 2. The highest BCUT2D eigenvalue weighted by molar-refractivity contribution is 9.10. The second-order valence-corrected chi connectivity index (χ2v) is 8.28. The number of amides is 1. The van der Waals surface area contributed by atoms with Gasteiger partial charge in [-0.3, -0.25) is 9.52 Å². The first-order valence-corrected chi connectivity index (χ1v) is 10.2. The minimum absolute atomic E-state index is 0.228. The smallest absolute Gasteiger partial charge is 0.244 e. The molecule has 0 saturated heterocycles. The van der Waals surface area contributed by atoms with Crippen molar-refractivity contribution in [2.75, 3.05) is 11.0 Å². The molecule has 2 aromatic rings. The molecule has 5 nitrogen and oxygen atoms in total. The van der Waals surface area contributed by atoms with E-state index in [1.54, 1.807) is 24.3 Å². The molecule has 0 aliphatic carbocycles. The predicted molar refractivity (Wildman–Crippen MR) is 105 cm³/mol. The Morgan fingerprint density at radius 1 is 1.16 bits per heavy atom. The van der Waals surface area contributed by atoms with Crippen LogP contribution in [0.25, 0.3) is 6.08 Å². The van der Waals surface area contributed by atoms with Crippen LogP contribution >= 0.6 is 15.9 Å². The van der Waals surface area contributed by atoms with E-state index < -0.39 is 10.0 Å². The van der Waals surface area contributed by atoms with Crippen LogP contribution in [0.3, 0.4) is 0 Å². The minimum atomic E-state index is -3.34. The lowest BCUT2D eigenvalue weighted by Crippen LogP contribution is -2.24. The van der Waals surface area contributed by atoms with Gasteiger partial charge >= 0.3 is 0 Å². The summed E-state index contributed by atoms with van der Waals surface area (Å²) < 4.78 is 26.0. The van der Waals surface area contributed by atoms with Crippen LogP contribution in [0, 0.1) is 0 Å². The monoisotopic (exact) mass is 422 g/mol. The van der Waals surface area contributed by atoms with Crippen molar-refractivity contribution in [1.82, 2.24) is 5.32 Å². The molecular formula is C18H19BrN2O3S. The molecule has 0 saturated carbocycles. The molecule has 0 aliphatic heterocycles. The Morgan fingerprint density at radius 2 is 1.88 bits per heavy atom. The van der Waals surface area contributed by atoms with Gasteiger partial charge in [-0.1, -0.05) is 40.2 Å². The lowest BCUT2D eigenvalue weighted by Gasteiger charge is -2.14. The fourth-order valence-electron chi connectivity index (χ4n) is 2.21. The average molecular weight is 423 g/mol. The van der Waals surface area contributed by atoms with Gasteiger partial charge < -0.3 is 5.32 Å². The van der Waals surface area contributed by atoms with Gasteiger partial charge in [0.15, 0.2) is 0 Å². The van der Waals surface area contributed by atoms with Crippen LogP contribution < -0.4 is 10.0 Å². The zero-order valence-corrected chi connectivity index (χ0v) is 16.3. The molecule has 1 atom stereocenters. The predicted octanol–water partition coefficient (Wildman–Crippen LogP) is 3.71. The van der Waals surface area contributed by atoms with Crippen LogP contribution in [-0.4, -0.2) is 20.6 Å². The van der Waals surface area contributed by atoms with Gasteiger partial charge in [0, 0.05) is 16.2 Å². The molecule has 1 amide bonds. The van der Waals surface area contributed by atoms with E-state index in [0.29, 0.717) is 5.69 Å². The summed E-state index contributed by atoms with van der Waals surface area (Å²) in [6.07, 6.45) is 4.29. The molecule has 2 aromatic carbocycles. The first-order valence-electron chi connectivity index (χ1n) is 7.55. The van der Waals surface area contributed by atoms with E-state index in [9.17, 15) is 13.2 Å². The number of halogens is 1. The lowest BCUT2D eigenvalue weighted by molar-refractivity contribution is -0.117. The van der Waals surface area contributed by atoms with E-state index in [1.165, 1.54) is 6.08 Å². The van der Waals surface area contributed by atoms with E-state index in [-0.39, 0.29) is 11.9 Å². The van der Waals surface area contributed by atoms with Crippen molar-refractivity contribution in [3.63, 3.8) is 0 Å².